The summed E-state index contributed by atoms with van der Waals surface area (Å²) in [7, 11) is 0. The molecule has 1 aromatic carbocycles. The topological polar surface area (TPSA) is 35.2 Å². The zero-order valence-corrected chi connectivity index (χ0v) is 12.8. The molecule has 0 aliphatic carbocycles. The average Bonchev–Trinajstić information content (AvgIpc) is 2.41. The maximum atomic E-state index is 13.7. The van der Waals surface area contributed by atoms with Gasteiger partial charge < -0.3 is 10.5 Å². The minimum atomic E-state index is -0.285. The third kappa shape index (κ3) is 6.38. The molecule has 0 saturated heterocycles. The highest BCUT2D eigenvalue weighted by atomic mass is 19.1. The quantitative estimate of drug-likeness (QED) is 0.614. The molecule has 0 radical (unpaired) electrons. The molecule has 3 heteroatoms. The Morgan fingerprint density at radius 1 is 1.10 bits per heavy atom. The van der Waals surface area contributed by atoms with Crippen molar-refractivity contribution < 1.29 is 9.13 Å². The van der Waals surface area contributed by atoms with Crippen LogP contribution in [-0.2, 0) is 0 Å². The van der Waals surface area contributed by atoms with Gasteiger partial charge in [-0.15, -0.1) is 0 Å². The van der Waals surface area contributed by atoms with Gasteiger partial charge in [-0.25, -0.2) is 4.39 Å². The molecule has 0 amide bonds. The van der Waals surface area contributed by atoms with Crippen molar-refractivity contribution in [2.45, 2.75) is 64.8 Å². The van der Waals surface area contributed by atoms with Crippen LogP contribution in [0.15, 0.2) is 18.2 Å². The van der Waals surface area contributed by atoms with Gasteiger partial charge in [-0.05, 0) is 19.4 Å². The molecule has 2 nitrogen and oxygen atoms in total. The van der Waals surface area contributed by atoms with Crippen LogP contribution >= 0.6 is 0 Å². The van der Waals surface area contributed by atoms with Crippen LogP contribution in [0.1, 0.15) is 70.4 Å². The third-order valence-electron chi connectivity index (χ3n) is 3.48. The lowest BCUT2D eigenvalue weighted by molar-refractivity contribution is 0.302. The normalized spacial score (nSPS) is 12.4. The first kappa shape index (κ1) is 17.0. The summed E-state index contributed by atoms with van der Waals surface area (Å²) in [6.07, 6.45) is 8.74. The molecule has 0 saturated carbocycles. The largest absolute Gasteiger partial charge is 0.493 e. The van der Waals surface area contributed by atoms with Gasteiger partial charge in [-0.1, -0.05) is 51.5 Å². The van der Waals surface area contributed by atoms with E-state index in [-0.39, 0.29) is 11.9 Å². The predicted octanol–water partition coefficient (Wildman–Crippen LogP) is 4.97. The Morgan fingerprint density at radius 2 is 1.75 bits per heavy atom. The van der Waals surface area contributed by atoms with Crippen LogP contribution in [0.2, 0.25) is 0 Å². The molecule has 0 aliphatic heterocycles. The highest BCUT2D eigenvalue weighted by Crippen LogP contribution is 2.20. The fraction of sp³-hybridized carbons (Fsp3) is 0.647. The molecule has 0 aromatic heterocycles. The van der Waals surface area contributed by atoms with Gasteiger partial charge in [0.05, 0.1) is 6.61 Å². The average molecular weight is 281 g/mol. The Morgan fingerprint density at radius 3 is 2.35 bits per heavy atom. The lowest BCUT2D eigenvalue weighted by atomic mass is 10.1. The van der Waals surface area contributed by atoms with Crippen molar-refractivity contribution in [1.29, 1.82) is 0 Å². The van der Waals surface area contributed by atoms with Crippen LogP contribution in [0.25, 0.3) is 0 Å². The van der Waals surface area contributed by atoms with E-state index in [0.29, 0.717) is 17.9 Å². The molecule has 20 heavy (non-hydrogen) atoms. The van der Waals surface area contributed by atoms with E-state index in [9.17, 15) is 4.39 Å². The van der Waals surface area contributed by atoms with Crippen LogP contribution < -0.4 is 10.5 Å². The Kier molecular flexibility index (Phi) is 8.28. The molecule has 2 N–H and O–H groups in total. The SMILES string of the molecule is CCCCCCCCCOc1ccc([C@@H](C)N)c(F)c1. The van der Waals surface area contributed by atoms with Gasteiger partial charge in [-0.3, -0.25) is 0 Å². The fourth-order valence-electron chi connectivity index (χ4n) is 2.22. The molecule has 1 atom stereocenters. The number of hydrogen-bond donors (Lipinski definition) is 1. The second-order valence-electron chi connectivity index (χ2n) is 5.44. The molecule has 0 heterocycles. The number of ether oxygens (including phenoxy) is 1. The number of benzene rings is 1. The van der Waals surface area contributed by atoms with Crippen molar-refractivity contribution >= 4 is 0 Å². The second kappa shape index (κ2) is 9.76. The van der Waals surface area contributed by atoms with E-state index >= 15 is 0 Å². The van der Waals surface area contributed by atoms with Gasteiger partial charge in [0.15, 0.2) is 0 Å². The van der Waals surface area contributed by atoms with Crippen LogP contribution in [0, 0.1) is 5.82 Å². The molecule has 0 bridgehead atoms. The van der Waals surface area contributed by atoms with Crippen molar-refractivity contribution in [3.63, 3.8) is 0 Å². The molecule has 0 fully saturated rings. The van der Waals surface area contributed by atoms with Gasteiger partial charge in [0, 0.05) is 17.7 Å². The fourth-order valence-corrected chi connectivity index (χ4v) is 2.22. The van der Waals surface area contributed by atoms with E-state index in [2.05, 4.69) is 6.92 Å². The molecule has 114 valence electrons. The third-order valence-corrected chi connectivity index (χ3v) is 3.48. The first-order chi connectivity index (χ1) is 9.65. The van der Waals surface area contributed by atoms with E-state index in [0.717, 1.165) is 6.42 Å². The summed E-state index contributed by atoms with van der Waals surface area (Å²) in [5.74, 6) is 0.315. The molecular formula is C17H28FNO. The number of unbranched alkanes of at least 4 members (excludes halogenated alkanes) is 6. The first-order valence-corrected chi connectivity index (χ1v) is 7.83. The Hall–Kier alpha value is -1.09. The van der Waals surface area contributed by atoms with Crippen molar-refractivity contribution in [2.24, 2.45) is 5.73 Å². The standard InChI is InChI=1S/C17H28FNO/c1-3-4-5-6-7-8-9-12-20-15-10-11-16(14(2)19)17(18)13-15/h10-11,13-14H,3-9,12,19H2,1-2H3/t14-/m1/s1. The molecular weight excluding hydrogens is 253 g/mol. The van der Waals surface area contributed by atoms with Crippen molar-refractivity contribution in [1.82, 2.24) is 0 Å². The van der Waals surface area contributed by atoms with Gasteiger partial charge in [0.1, 0.15) is 11.6 Å². The summed E-state index contributed by atoms with van der Waals surface area (Å²) in [6, 6.07) is 4.65. The van der Waals surface area contributed by atoms with E-state index in [4.69, 9.17) is 10.5 Å². The smallest absolute Gasteiger partial charge is 0.131 e. The monoisotopic (exact) mass is 281 g/mol. The summed E-state index contributed by atoms with van der Waals surface area (Å²) >= 11 is 0. The highest BCUT2D eigenvalue weighted by molar-refractivity contribution is 5.30. The van der Waals surface area contributed by atoms with Crippen LogP contribution in [-0.4, -0.2) is 6.61 Å². The molecule has 0 aliphatic rings. The van der Waals surface area contributed by atoms with E-state index in [1.54, 1.807) is 19.1 Å². The summed E-state index contributed by atoms with van der Waals surface area (Å²) < 4.78 is 19.3. The Balaban J connectivity index is 2.18. The van der Waals surface area contributed by atoms with Crippen LogP contribution in [0.5, 0.6) is 5.75 Å². The molecule has 0 spiro atoms. The van der Waals surface area contributed by atoms with Crippen molar-refractivity contribution in [3.8, 4) is 5.75 Å². The minimum absolute atomic E-state index is 0.280. The predicted molar refractivity (Wildman–Crippen MR) is 82.5 cm³/mol. The van der Waals surface area contributed by atoms with Crippen LogP contribution in [0.4, 0.5) is 4.39 Å². The zero-order chi connectivity index (χ0) is 14.8. The summed E-state index contributed by atoms with van der Waals surface area (Å²) in [4.78, 5) is 0. The Labute approximate surface area is 122 Å². The number of hydrogen-bond acceptors (Lipinski definition) is 2. The van der Waals surface area contributed by atoms with Gasteiger partial charge in [0.2, 0.25) is 0 Å². The Bertz CT molecular complexity index is 379. The summed E-state index contributed by atoms with van der Waals surface area (Å²) in [5, 5.41) is 0. The zero-order valence-electron chi connectivity index (χ0n) is 12.8. The molecule has 1 rings (SSSR count). The van der Waals surface area contributed by atoms with E-state index in [1.807, 2.05) is 0 Å². The lowest BCUT2D eigenvalue weighted by Gasteiger charge is -2.10. The van der Waals surface area contributed by atoms with Crippen molar-refractivity contribution in [3.05, 3.63) is 29.6 Å². The minimum Gasteiger partial charge on any atom is -0.493 e. The molecule has 1 aromatic rings. The van der Waals surface area contributed by atoms with E-state index in [1.165, 1.54) is 44.6 Å². The van der Waals surface area contributed by atoms with E-state index < -0.39 is 0 Å². The molecule has 0 unspecified atom stereocenters. The second-order valence-corrected chi connectivity index (χ2v) is 5.44. The first-order valence-electron chi connectivity index (χ1n) is 7.83. The highest BCUT2D eigenvalue weighted by Gasteiger charge is 2.07. The van der Waals surface area contributed by atoms with Gasteiger partial charge >= 0.3 is 0 Å². The lowest BCUT2D eigenvalue weighted by Crippen LogP contribution is -2.07. The number of rotatable bonds is 10. The summed E-state index contributed by atoms with van der Waals surface area (Å²) in [6.45, 7) is 4.66. The number of nitrogens with two attached hydrogens (primary N) is 1. The van der Waals surface area contributed by atoms with Crippen LogP contribution in [0.3, 0.4) is 0 Å². The maximum Gasteiger partial charge on any atom is 0.131 e. The van der Waals surface area contributed by atoms with Gasteiger partial charge in [0.25, 0.3) is 0 Å². The van der Waals surface area contributed by atoms with Crippen molar-refractivity contribution in [2.75, 3.05) is 6.61 Å². The summed E-state index contributed by atoms with van der Waals surface area (Å²) in [5.41, 5.74) is 6.21. The van der Waals surface area contributed by atoms with Gasteiger partial charge in [-0.2, -0.15) is 0 Å². The maximum absolute atomic E-state index is 13.7. The number of halogens is 1.